The van der Waals surface area contributed by atoms with Gasteiger partial charge in [0.1, 0.15) is 5.69 Å². The Labute approximate surface area is 173 Å². The van der Waals surface area contributed by atoms with Crippen LogP contribution in [0.25, 0.3) is 0 Å². The van der Waals surface area contributed by atoms with E-state index in [-0.39, 0.29) is 5.91 Å². The molecule has 2 saturated heterocycles. The molecule has 7 nitrogen and oxygen atoms in total. The van der Waals surface area contributed by atoms with Crippen molar-refractivity contribution in [3.05, 3.63) is 42.5 Å². The number of nitrogens with zero attached hydrogens (tertiary/aromatic N) is 5. The van der Waals surface area contributed by atoms with Crippen LogP contribution in [0.5, 0.6) is 0 Å². The number of hydrogen-bond acceptors (Lipinski definition) is 5. The third-order valence-corrected chi connectivity index (χ3v) is 6.33. The molecule has 2 aromatic heterocycles. The number of pyridine rings is 1. The van der Waals surface area contributed by atoms with Crippen molar-refractivity contribution in [2.75, 3.05) is 44.7 Å². The van der Waals surface area contributed by atoms with Gasteiger partial charge in [0.2, 0.25) is 0 Å². The molecule has 2 aliphatic heterocycles. The fourth-order valence-corrected chi connectivity index (χ4v) is 4.42. The first-order valence-corrected chi connectivity index (χ1v) is 10.9. The summed E-state index contributed by atoms with van der Waals surface area (Å²) < 4.78 is 1.96. The first-order valence-electron chi connectivity index (χ1n) is 10.9. The lowest BCUT2D eigenvalue weighted by Crippen LogP contribution is -2.36. The number of piperidine rings is 2. The molecule has 1 unspecified atom stereocenters. The van der Waals surface area contributed by atoms with Crippen molar-refractivity contribution in [1.82, 2.24) is 25.0 Å². The van der Waals surface area contributed by atoms with Gasteiger partial charge in [0, 0.05) is 57.5 Å². The zero-order chi connectivity index (χ0) is 20.1. The molecule has 2 fully saturated rings. The van der Waals surface area contributed by atoms with Gasteiger partial charge in [0.15, 0.2) is 0 Å². The van der Waals surface area contributed by atoms with E-state index in [0.29, 0.717) is 17.7 Å². The second-order valence-corrected chi connectivity index (χ2v) is 8.33. The zero-order valence-corrected chi connectivity index (χ0v) is 17.3. The van der Waals surface area contributed by atoms with E-state index >= 15 is 0 Å². The molecule has 7 heteroatoms. The van der Waals surface area contributed by atoms with Crippen LogP contribution in [0.2, 0.25) is 0 Å². The van der Waals surface area contributed by atoms with Crippen LogP contribution in [0.4, 0.5) is 5.69 Å². The van der Waals surface area contributed by atoms with E-state index in [1.54, 1.807) is 0 Å². The number of anilines is 1. The topological polar surface area (TPSA) is 66.3 Å². The minimum absolute atomic E-state index is 0.0294. The van der Waals surface area contributed by atoms with Crippen LogP contribution in [-0.2, 0) is 0 Å². The van der Waals surface area contributed by atoms with Gasteiger partial charge in [-0.05, 0) is 62.8 Å². The first-order chi connectivity index (χ1) is 14.2. The largest absolute Gasteiger partial charge is 0.371 e. The summed E-state index contributed by atoms with van der Waals surface area (Å²) in [6.45, 7) is 4.95. The molecule has 1 amide bonds. The number of carbonyl (C=O) groups is 1. The van der Waals surface area contributed by atoms with E-state index in [0.717, 1.165) is 52.0 Å². The van der Waals surface area contributed by atoms with Gasteiger partial charge in [-0.3, -0.25) is 14.5 Å². The number of hydrogen-bond donors (Lipinski definition) is 1. The van der Waals surface area contributed by atoms with Gasteiger partial charge in [0.05, 0.1) is 6.04 Å². The summed E-state index contributed by atoms with van der Waals surface area (Å²) in [4.78, 5) is 21.1. The first kappa shape index (κ1) is 19.9. The highest BCUT2D eigenvalue weighted by Crippen LogP contribution is 2.25. The summed E-state index contributed by atoms with van der Waals surface area (Å²) in [5.74, 6) is 0.705. The summed E-state index contributed by atoms with van der Waals surface area (Å²) >= 11 is 0. The Balaban J connectivity index is 1.23. The maximum absolute atomic E-state index is 12.8. The zero-order valence-electron chi connectivity index (χ0n) is 17.3. The average Bonchev–Trinajstić information content (AvgIpc) is 3.29. The quantitative estimate of drug-likeness (QED) is 0.813. The van der Waals surface area contributed by atoms with Crippen molar-refractivity contribution < 1.29 is 4.79 Å². The van der Waals surface area contributed by atoms with Crippen LogP contribution in [-0.4, -0.2) is 65.3 Å². The summed E-state index contributed by atoms with van der Waals surface area (Å²) in [6.07, 6.45) is 11.3. The third-order valence-electron chi connectivity index (χ3n) is 6.33. The van der Waals surface area contributed by atoms with Crippen LogP contribution in [0.1, 0.15) is 48.6 Å². The van der Waals surface area contributed by atoms with Crippen molar-refractivity contribution in [2.24, 2.45) is 5.92 Å². The molecular formula is C22H32N6O. The van der Waals surface area contributed by atoms with Crippen molar-refractivity contribution >= 4 is 11.6 Å². The fraction of sp³-hybridized carbons (Fsp3) is 0.591. The van der Waals surface area contributed by atoms with E-state index in [1.807, 2.05) is 41.3 Å². The highest BCUT2D eigenvalue weighted by atomic mass is 16.2. The molecule has 0 aromatic carbocycles. The van der Waals surface area contributed by atoms with Crippen LogP contribution < -0.4 is 10.2 Å². The number of carbonyl (C=O) groups excluding carboxylic acids is 1. The van der Waals surface area contributed by atoms with E-state index in [4.69, 9.17) is 0 Å². The van der Waals surface area contributed by atoms with E-state index < -0.39 is 0 Å². The van der Waals surface area contributed by atoms with Gasteiger partial charge < -0.3 is 15.1 Å². The molecule has 0 spiro atoms. The second-order valence-electron chi connectivity index (χ2n) is 8.33. The predicted molar refractivity (Wildman–Crippen MR) is 114 cm³/mol. The molecule has 0 aliphatic carbocycles. The third kappa shape index (κ3) is 4.96. The molecule has 4 rings (SSSR count). The number of amides is 1. The fourth-order valence-electron chi connectivity index (χ4n) is 4.42. The minimum Gasteiger partial charge on any atom is -0.371 e. The standard InChI is InChI=1S/C22H32N6O/c1-26(22(29)21-9-16-28(25-21)20-3-2-10-24-17-20)13-6-18-7-14-27(15-8-18)19-4-11-23-12-5-19/h4-5,9,11-12,16,18,20,24H,2-3,6-8,10,13-15,17H2,1H3. The maximum atomic E-state index is 12.8. The molecule has 1 atom stereocenters. The molecule has 4 heterocycles. The molecule has 156 valence electrons. The predicted octanol–water partition coefficient (Wildman–Crippen LogP) is 2.58. The van der Waals surface area contributed by atoms with Crippen molar-refractivity contribution in [1.29, 1.82) is 0 Å². The Bertz CT molecular complexity index is 778. The van der Waals surface area contributed by atoms with Crippen molar-refractivity contribution in [2.45, 2.75) is 38.1 Å². The molecular weight excluding hydrogens is 364 g/mol. The number of rotatable bonds is 6. The monoisotopic (exact) mass is 396 g/mol. The molecule has 2 aliphatic rings. The molecule has 1 N–H and O–H groups in total. The van der Waals surface area contributed by atoms with Gasteiger partial charge in [-0.15, -0.1) is 0 Å². The average molecular weight is 397 g/mol. The molecule has 29 heavy (non-hydrogen) atoms. The van der Waals surface area contributed by atoms with Gasteiger partial charge in [-0.1, -0.05) is 0 Å². The van der Waals surface area contributed by atoms with Gasteiger partial charge in [-0.2, -0.15) is 5.10 Å². The Morgan fingerprint density at radius 1 is 1.21 bits per heavy atom. The lowest BCUT2D eigenvalue weighted by molar-refractivity contribution is 0.0777. The normalized spacial score (nSPS) is 20.6. The Morgan fingerprint density at radius 3 is 2.72 bits per heavy atom. The summed E-state index contributed by atoms with van der Waals surface area (Å²) in [6, 6.07) is 6.38. The van der Waals surface area contributed by atoms with Crippen molar-refractivity contribution in [3.63, 3.8) is 0 Å². The minimum atomic E-state index is 0.0294. The summed E-state index contributed by atoms with van der Waals surface area (Å²) in [7, 11) is 1.90. The Hall–Kier alpha value is -2.41. The summed E-state index contributed by atoms with van der Waals surface area (Å²) in [5, 5.41) is 7.97. The lowest BCUT2D eigenvalue weighted by Gasteiger charge is -2.34. The van der Waals surface area contributed by atoms with Crippen LogP contribution in [0.3, 0.4) is 0 Å². The highest BCUT2D eigenvalue weighted by Gasteiger charge is 2.22. The van der Waals surface area contributed by atoms with Crippen LogP contribution in [0, 0.1) is 5.92 Å². The maximum Gasteiger partial charge on any atom is 0.274 e. The van der Waals surface area contributed by atoms with Gasteiger partial charge >= 0.3 is 0 Å². The Kier molecular flexibility index (Phi) is 6.44. The van der Waals surface area contributed by atoms with E-state index in [2.05, 4.69) is 32.4 Å². The second kappa shape index (κ2) is 9.39. The van der Waals surface area contributed by atoms with Gasteiger partial charge in [0.25, 0.3) is 5.91 Å². The van der Waals surface area contributed by atoms with Gasteiger partial charge in [-0.25, -0.2) is 0 Å². The highest BCUT2D eigenvalue weighted by molar-refractivity contribution is 5.92. The molecule has 2 aromatic rings. The van der Waals surface area contributed by atoms with Crippen molar-refractivity contribution in [3.8, 4) is 0 Å². The van der Waals surface area contributed by atoms with E-state index in [1.165, 1.54) is 18.5 Å². The lowest BCUT2D eigenvalue weighted by atomic mass is 9.93. The molecule has 0 radical (unpaired) electrons. The van der Waals surface area contributed by atoms with Crippen LogP contribution >= 0.6 is 0 Å². The SMILES string of the molecule is CN(CCC1CCN(c2ccncc2)CC1)C(=O)c1ccn(C2CCCNC2)n1. The Morgan fingerprint density at radius 2 is 2.00 bits per heavy atom. The summed E-state index contributed by atoms with van der Waals surface area (Å²) in [5.41, 5.74) is 1.82. The molecule has 0 saturated carbocycles. The van der Waals surface area contributed by atoms with E-state index in [9.17, 15) is 4.79 Å². The van der Waals surface area contributed by atoms with Crippen LogP contribution in [0.15, 0.2) is 36.8 Å². The number of nitrogens with one attached hydrogen (secondary N) is 1. The molecule has 0 bridgehead atoms. The smallest absolute Gasteiger partial charge is 0.274 e. The number of aromatic nitrogens is 3.